The van der Waals surface area contributed by atoms with Crippen molar-refractivity contribution in [1.82, 2.24) is 20.0 Å². The lowest BCUT2D eigenvalue weighted by molar-refractivity contribution is -0.130. The van der Waals surface area contributed by atoms with Crippen molar-refractivity contribution in [2.75, 3.05) is 19.6 Å². The van der Waals surface area contributed by atoms with Crippen LogP contribution in [0.4, 0.5) is 0 Å². The SMILES string of the molecule is CCC(C)n1ccc(CNCCC(=O)N(CC)CC)n1. The highest BCUT2D eigenvalue weighted by molar-refractivity contribution is 5.76. The summed E-state index contributed by atoms with van der Waals surface area (Å²) in [6.45, 7) is 11.3. The van der Waals surface area contributed by atoms with Gasteiger partial charge in [0.2, 0.25) is 5.91 Å². The van der Waals surface area contributed by atoms with Crippen LogP contribution in [0.25, 0.3) is 0 Å². The van der Waals surface area contributed by atoms with E-state index in [1.807, 2.05) is 35.7 Å². The average Bonchev–Trinajstić information content (AvgIpc) is 2.93. The minimum Gasteiger partial charge on any atom is -0.343 e. The average molecular weight is 280 g/mol. The van der Waals surface area contributed by atoms with E-state index in [0.29, 0.717) is 19.0 Å². The van der Waals surface area contributed by atoms with E-state index in [0.717, 1.165) is 31.7 Å². The van der Waals surface area contributed by atoms with Crippen molar-refractivity contribution in [3.63, 3.8) is 0 Å². The zero-order chi connectivity index (χ0) is 15.0. The summed E-state index contributed by atoms with van der Waals surface area (Å²) in [5.41, 5.74) is 1.03. The zero-order valence-corrected chi connectivity index (χ0v) is 13.2. The molecule has 0 aliphatic carbocycles. The van der Waals surface area contributed by atoms with Crippen molar-refractivity contribution in [1.29, 1.82) is 0 Å². The van der Waals surface area contributed by atoms with E-state index >= 15 is 0 Å². The molecule has 0 aliphatic rings. The summed E-state index contributed by atoms with van der Waals surface area (Å²) < 4.78 is 2.00. The molecule has 0 aliphatic heterocycles. The molecular formula is C15H28N4O. The molecule has 1 N–H and O–H groups in total. The van der Waals surface area contributed by atoms with E-state index in [-0.39, 0.29) is 5.91 Å². The summed E-state index contributed by atoms with van der Waals surface area (Å²) in [6, 6.07) is 2.47. The highest BCUT2D eigenvalue weighted by atomic mass is 16.2. The molecule has 1 aromatic rings. The first-order chi connectivity index (χ1) is 9.62. The van der Waals surface area contributed by atoms with Gasteiger partial charge in [0.1, 0.15) is 0 Å². The van der Waals surface area contributed by atoms with E-state index in [2.05, 4.69) is 24.3 Å². The first kappa shape index (κ1) is 16.7. The van der Waals surface area contributed by atoms with Gasteiger partial charge >= 0.3 is 0 Å². The zero-order valence-electron chi connectivity index (χ0n) is 13.2. The molecule has 0 saturated carbocycles. The molecule has 1 aromatic heterocycles. The highest BCUT2D eigenvalue weighted by Crippen LogP contribution is 2.08. The summed E-state index contributed by atoms with van der Waals surface area (Å²) in [5.74, 6) is 0.215. The first-order valence-corrected chi connectivity index (χ1v) is 7.64. The van der Waals surface area contributed by atoms with E-state index in [1.165, 1.54) is 0 Å². The van der Waals surface area contributed by atoms with Crippen LogP contribution in [0.15, 0.2) is 12.3 Å². The van der Waals surface area contributed by atoms with E-state index in [4.69, 9.17) is 0 Å². The molecule has 114 valence electrons. The van der Waals surface area contributed by atoms with Crippen molar-refractivity contribution in [2.24, 2.45) is 0 Å². The van der Waals surface area contributed by atoms with E-state index in [1.54, 1.807) is 0 Å². The molecule has 0 aromatic carbocycles. The lowest BCUT2D eigenvalue weighted by atomic mass is 10.3. The fraction of sp³-hybridized carbons (Fsp3) is 0.733. The van der Waals surface area contributed by atoms with Crippen LogP contribution in [0.5, 0.6) is 0 Å². The number of rotatable bonds is 9. The van der Waals surface area contributed by atoms with Crippen LogP contribution < -0.4 is 5.32 Å². The van der Waals surface area contributed by atoms with Gasteiger partial charge in [0.25, 0.3) is 0 Å². The van der Waals surface area contributed by atoms with Crippen LogP contribution in [0.2, 0.25) is 0 Å². The Morgan fingerprint density at radius 1 is 1.40 bits per heavy atom. The summed E-state index contributed by atoms with van der Waals surface area (Å²) in [6.07, 6.45) is 3.65. The Morgan fingerprint density at radius 2 is 2.10 bits per heavy atom. The second kappa shape index (κ2) is 8.74. The largest absolute Gasteiger partial charge is 0.343 e. The molecule has 0 radical (unpaired) electrons. The number of nitrogens with zero attached hydrogens (tertiary/aromatic N) is 3. The Labute approximate surface area is 122 Å². The van der Waals surface area contributed by atoms with Crippen LogP contribution in [0.3, 0.4) is 0 Å². The van der Waals surface area contributed by atoms with Gasteiger partial charge in [0, 0.05) is 44.8 Å². The van der Waals surface area contributed by atoms with Crippen LogP contribution in [-0.2, 0) is 11.3 Å². The monoisotopic (exact) mass is 280 g/mol. The third-order valence-corrected chi connectivity index (χ3v) is 3.64. The van der Waals surface area contributed by atoms with Crippen molar-refractivity contribution < 1.29 is 4.79 Å². The number of carbonyl (C=O) groups excluding carboxylic acids is 1. The van der Waals surface area contributed by atoms with Gasteiger partial charge in [-0.25, -0.2) is 0 Å². The van der Waals surface area contributed by atoms with Crippen molar-refractivity contribution >= 4 is 5.91 Å². The van der Waals surface area contributed by atoms with Crippen molar-refractivity contribution in [3.05, 3.63) is 18.0 Å². The molecular weight excluding hydrogens is 252 g/mol. The van der Waals surface area contributed by atoms with Gasteiger partial charge in [-0.1, -0.05) is 6.92 Å². The Morgan fingerprint density at radius 3 is 2.70 bits per heavy atom. The van der Waals surface area contributed by atoms with Crippen LogP contribution in [0, 0.1) is 0 Å². The molecule has 5 nitrogen and oxygen atoms in total. The standard InChI is InChI=1S/C15H28N4O/c1-5-13(4)19-11-9-14(17-19)12-16-10-8-15(20)18(6-2)7-3/h9,11,13,16H,5-8,10,12H2,1-4H3. The van der Waals surface area contributed by atoms with Crippen LogP contribution in [-0.4, -0.2) is 40.2 Å². The topological polar surface area (TPSA) is 50.2 Å². The van der Waals surface area contributed by atoms with Crippen molar-refractivity contribution in [3.8, 4) is 0 Å². The molecule has 0 bridgehead atoms. The van der Waals surface area contributed by atoms with E-state index < -0.39 is 0 Å². The van der Waals surface area contributed by atoms with Gasteiger partial charge in [0.05, 0.1) is 5.69 Å². The smallest absolute Gasteiger partial charge is 0.223 e. The quantitative estimate of drug-likeness (QED) is 0.706. The summed E-state index contributed by atoms with van der Waals surface area (Å²) in [7, 11) is 0. The number of amides is 1. The van der Waals surface area contributed by atoms with Gasteiger partial charge in [-0.2, -0.15) is 5.10 Å². The Kier molecular flexibility index (Phi) is 7.30. The number of hydrogen-bond donors (Lipinski definition) is 1. The van der Waals surface area contributed by atoms with Gasteiger partial charge in [-0.05, 0) is 33.3 Å². The fourth-order valence-electron chi connectivity index (χ4n) is 2.05. The summed E-state index contributed by atoms with van der Waals surface area (Å²) in [5, 5.41) is 7.81. The van der Waals surface area contributed by atoms with E-state index in [9.17, 15) is 4.79 Å². The third-order valence-electron chi connectivity index (χ3n) is 3.64. The molecule has 1 amide bonds. The Balaban J connectivity index is 2.27. The molecule has 1 rings (SSSR count). The lowest BCUT2D eigenvalue weighted by Gasteiger charge is -2.18. The molecule has 20 heavy (non-hydrogen) atoms. The van der Waals surface area contributed by atoms with Gasteiger partial charge in [-0.15, -0.1) is 0 Å². The molecule has 0 spiro atoms. The molecule has 0 saturated heterocycles. The Hall–Kier alpha value is -1.36. The molecule has 1 heterocycles. The van der Waals surface area contributed by atoms with Crippen molar-refractivity contribution in [2.45, 2.75) is 53.1 Å². The minimum atomic E-state index is 0.215. The highest BCUT2D eigenvalue weighted by Gasteiger charge is 2.09. The minimum absolute atomic E-state index is 0.215. The molecule has 1 atom stereocenters. The third kappa shape index (κ3) is 4.96. The fourth-order valence-corrected chi connectivity index (χ4v) is 2.05. The number of aromatic nitrogens is 2. The number of hydrogen-bond acceptors (Lipinski definition) is 3. The predicted octanol–water partition coefficient (Wildman–Crippen LogP) is 2.20. The second-order valence-corrected chi connectivity index (χ2v) is 5.04. The number of carbonyl (C=O) groups is 1. The summed E-state index contributed by atoms with van der Waals surface area (Å²) >= 11 is 0. The van der Waals surface area contributed by atoms with Gasteiger partial charge < -0.3 is 10.2 Å². The molecule has 5 heteroatoms. The van der Waals surface area contributed by atoms with Gasteiger partial charge in [0.15, 0.2) is 0 Å². The lowest BCUT2D eigenvalue weighted by Crippen LogP contribution is -2.32. The maximum absolute atomic E-state index is 11.8. The molecule has 1 unspecified atom stereocenters. The van der Waals surface area contributed by atoms with Gasteiger partial charge in [-0.3, -0.25) is 9.48 Å². The molecule has 0 fully saturated rings. The van der Waals surface area contributed by atoms with Crippen LogP contribution >= 0.6 is 0 Å². The number of nitrogens with one attached hydrogen (secondary N) is 1. The van der Waals surface area contributed by atoms with Crippen LogP contribution in [0.1, 0.15) is 52.3 Å². The predicted molar refractivity (Wildman–Crippen MR) is 81.5 cm³/mol. The second-order valence-electron chi connectivity index (χ2n) is 5.04. The summed E-state index contributed by atoms with van der Waals surface area (Å²) in [4.78, 5) is 13.7. The first-order valence-electron chi connectivity index (χ1n) is 7.64. The Bertz CT molecular complexity index is 398. The maximum atomic E-state index is 11.8. The normalized spacial score (nSPS) is 12.4. The maximum Gasteiger partial charge on any atom is 0.223 e.